The van der Waals surface area contributed by atoms with Crippen molar-refractivity contribution in [2.75, 3.05) is 20.8 Å². The Labute approximate surface area is 175 Å². The zero-order valence-corrected chi connectivity index (χ0v) is 17.3. The summed E-state index contributed by atoms with van der Waals surface area (Å²) in [5.41, 5.74) is 3.34. The van der Waals surface area contributed by atoms with Gasteiger partial charge in [-0.15, -0.1) is 0 Å². The maximum Gasteiger partial charge on any atom is 0.287 e. The molecule has 2 atom stereocenters. The summed E-state index contributed by atoms with van der Waals surface area (Å²) < 4.78 is 16.7. The van der Waals surface area contributed by atoms with E-state index in [1.807, 2.05) is 30.3 Å². The number of benzene rings is 2. The van der Waals surface area contributed by atoms with Crippen molar-refractivity contribution in [2.24, 2.45) is 0 Å². The van der Waals surface area contributed by atoms with E-state index in [2.05, 4.69) is 22.3 Å². The maximum atomic E-state index is 12.7. The van der Waals surface area contributed by atoms with Gasteiger partial charge in [-0.25, -0.2) is 0 Å². The molecule has 0 aliphatic carbocycles. The molecule has 2 aromatic carbocycles. The van der Waals surface area contributed by atoms with Crippen LogP contribution in [0.1, 0.15) is 34.5 Å². The maximum absolute atomic E-state index is 12.7. The van der Waals surface area contributed by atoms with Gasteiger partial charge in [0.2, 0.25) is 0 Å². The number of fused-ring (bicyclic) bond motifs is 3. The van der Waals surface area contributed by atoms with E-state index in [0.717, 1.165) is 54.8 Å². The van der Waals surface area contributed by atoms with E-state index in [0.29, 0.717) is 11.8 Å². The third-order valence-corrected chi connectivity index (χ3v) is 6.36. The Balaban J connectivity index is 1.29. The lowest BCUT2D eigenvalue weighted by atomic mass is 9.86. The molecule has 0 radical (unpaired) electrons. The summed E-state index contributed by atoms with van der Waals surface area (Å²) in [6, 6.07) is 14.3. The lowest BCUT2D eigenvalue weighted by Crippen LogP contribution is -2.51. The SMILES string of the molecule is COc1cc2c(cc1OC)CN1CCC(NC(=O)c3cc4ccccc4o3)CC1C2. The summed E-state index contributed by atoms with van der Waals surface area (Å²) >= 11 is 0. The summed E-state index contributed by atoms with van der Waals surface area (Å²) in [4.78, 5) is 15.3. The third kappa shape index (κ3) is 3.41. The first-order valence-electron chi connectivity index (χ1n) is 10.4. The number of hydrogen-bond donors (Lipinski definition) is 1. The average Bonchev–Trinajstić information content (AvgIpc) is 3.21. The van der Waals surface area contributed by atoms with Crippen LogP contribution in [0.25, 0.3) is 11.0 Å². The van der Waals surface area contributed by atoms with Crippen molar-refractivity contribution in [2.45, 2.75) is 37.9 Å². The number of nitrogens with one attached hydrogen (secondary N) is 1. The molecule has 1 N–H and O–H groups in total. The Morgan fingerprint density at radius 3 is 2.63 bits per heavy atom. The van der Waals surface area contributed by atoms with Crippen LogP contribution in [0.15, 0.2) is 46.9 Å². The minimum absolute atomic E-state index is 0.132. The molecule has 1 fully saturated rings. The van der Waals surface area contributed by atoms with Crippen LogP contribution in [0.4, 0.5) is 0 Å². The number of carbonyl (C=O) groups excluding carboxylic acids is 1. The Kier molecular flexibility index (Phi) is 4.87. The molecule has 6 nitrogen and oxygen atoms in total. The number of ether oxygens (including phenoxy) is 2. The van der Waals surface area contributed by atoms with Crippen LogP contribution in [-0.4, -0.2) is 43.7 Å². The molecule has 2 unspecified atom stereocenters. The van der Waals surface area contributed by atoms with Gasteiger partial charge in [-0.1, -0.05) is 18.2 Å². The quantitative estimate of drug-likeness (QED) is 0.715. The second-order valence-electron chi connectivity index (χ2n) is 8.15. The molecule has 1 saturated heterocycles. The zero-order valence-electron chi connectivity index (χ0n) is 17.3. The summed E-state index contributed by atoms with van der Waals surface area (Å²) in [6.45, 7) is 1.87. The van der Waals surface area contributed by atoms with E-state index < -0.39 is 0 Å². The van der Waals surface area contributed by atoms with E-state index >= 15 is 0 Å². The topological polar surface area (TPSA) is 63.9 Å². The molecule has 0 saturated carbocycles. The van der Waals surface area contributed by atoms with E-state index in [1.54, 1.807) is 14.2 Å². The predicted octanol–water partition coefficient (Wildman–Crippen LogP) is 3.77. The van der Waals surface area contributed by atoms with Gasteiger partial charge in [0.25, 0.3) is 5.91 Å². The fraction of sp³-hybridized carbons (Fsp3) is 0.375. The van der Waals surface area contributed by atoms with Gasteiger partial charge >= 0.3 is 0 Å². The minimum atomic E-state index is -0.132. The van der Waals surface area contributed by atoms with Crippen molar-refractivity contribution in [1.29, 1.82) is 0 Å². The summed E-state index contributed by atoms with van der Waals surface area (Å²) in [5.74, 6) is 1.80. The van der Waals surface area contributed by atoms with Crippen LogP contribution >= 0.6 is 0 Å². The van der Waals surface area contributed by atoms with Crippen molar-refractivity contribution < 1.29 is 18.7 Å². The Bertz CT molecular complexity index is 1060. The summed E-state index contributed by atoms with van der Waals surface area (Å²) in [7, 11) is 3.34. The van der Waals surface area contributed by atoms with Crippen molar-refractivity contribution in [1.82, 2.24) is 10.2 Å². The first-order valence-corrected chi connectivity index (χ1v) is 10.4. The zero-order chi connectivity index (χ0) is 20.7. The van der Waals surface area contributed by atoms with Gasteiger partial charge in [0.15, 0.2) is 17.3 Å². The van der Waals surface area contributed by atoms with Crippen molar-refractivity contribution in [3.8, 4) is 11.5 Å². The molecule has 1 aromatic heterocycles. The molecule has 2 aliphatic rings. The van der Waals surface area contributed by atoms with Gasteiger partial charge in [-0.05, 0) is 54.7 Å². The van der Waals surface area contributed by atoms with Gasteiger partial charge in [-0.2, -0.15) is 0 Å². The van der Waals surface area contributed by atoms with Crippen molar-refractivity contribution in [3.05, 3.63) is 59.4 Å². The number of carbonyl (C=O) groups is 1. The van der Waals surface area contributed by atoms with Gasteiger partial charge in [-0.3, -0.25) is 9.69 Å². The molecule has 6 heteroatoms. The number of rotatable bonds is 4. The first kappa shape index (κ1) is 19.0. The highest BCUT2D eigenvalue weighted by atomic mass is 16.5. The van der Waals surface area contributed by atoms with Gasteiger partial charge in [0.1, 0.15) is 5.58 Å². The monoisotopic (exact) mass is 406 g/mol. The Morgan fingerprint density at radius 1 is 1.10 bits per heavy atom. The molecule has 5 rings (SSSR count). The standard InChI is InChI=1S/C24H26N2O4/c1-28-21-11-16-9-19-13-18(7-8-26(19)14-17(16)12-22(21)29-2)25-24(27)23-10-15-5-3-4-6-20(15)30-23/h3-6,10-12,18-19H,7-9,13-14H2,1-2H3,(H,25,27). The molecular weight excluding hydrogens is 380 g/mol. The molecule has 1 amide bonds. The highest BCUT2D eigenvalue weighted by molar-refractivity contribution is 5.96. The highest BCUT2D eigenvalue weighted by Crippen LogP contribution is 2.36. The fourth-order valence-corrected chi connectivity index (χ4v) is 4.77. The molecule has 2 aliphatic heterocycles. The van der Waals surface area contributed by atoms with Crippen molar-refractivity contribution in [3.63, 3.8) is 0 Å². The second kappa shape index (κ2) is 7.69. The van der Waals surface area contributed by atoms with E-state index in [-0.39, 0.29) is 11.9 Å². The van der Waals surface area contributed by atoms with Gasteiger partial charge in [0, 0.05) is 30.6 Å². The molecule has 0 bridgehead atoms. The van der Waals surface area contributed by atoms with Crippen LogP contribution in [0, 0.1) is 0 Å². The summed E-state index contributed by atoms with van der Waals surface area (Å²) in [5, 5.41) is 4.14. The molecular formula is C24H26N2O4. The summed E-state index contributed by atoms with van der Waals surface area (Å²) in [6.07, 6.45) is 2.82. The highest BCUT2D eigenvalue weighted by Gasteiger charge is 2.34. The van der Waals surface area contributed by atoms with Crippen LogP contribution in [-0.2, 0) is 13.0 Å². The van der Waals surface area contributed by atoms with Crippen LogP contribution in [0.3, 0.4) is 0 Å². The number of para-hydroxylation sites is 1. The van der Waals surface area contributed by atoms with E-state index in [1.165, 1.54) is 11.1 Å². The normalized spacial score (nSPS) is 21.0. The second-order valence-corrected chi connectivity index (χ2v) is 8.15. The molecule has 3 heterocycles. The molecule has 0 spiro atoms. The third-order valence-electron chi connectivity index (χ3n) is 6.36. The molecule has 30 heavy (non-hydrogen) atoms. The number of amides is 1. The number of methoxy groups -OCH3 is 2. The number of hydrogen-bond acceptors (Lipinski definition) is 5. The fourth-order valence-electron chi connectivity index (χ4n) is 4.77. The first-order chi connectivity index (χ1) is 14.6. The lowest BCUT2D eigenvalue weighted by Gasteiger charge is -2.43. The van der Waals surface area contributed by atoms with Gasteiger partial charge < -0.3 is 19.2 Å². The predicted molar refractivity (Wildman–Crippen MR) is 114 cm³/mol. The van der Waals surface area contributed by atoms with E-state index in [4.69, 9.17) is 13.9 Å². The smallest absolute Gasteiger partial charge is 0.287 e. The van der Waals surface area contributed by atoms with E-state index in [9.17, 15) is 4.79 Å². The lowest BCUT2D eigenvalue weighted by molar-refractivity contribution is 0.0801. The Hall–Kier alpha value is -2.99. The Morgan fingerprint density at radius 2 is 1.87 bits per heavy atom. The van der Waals surface area contributed by atoms with Crippen LogP contribution in [0.2, 0.25) is 0 Å². The number of nitrogens with zero attached hydrogens (tertiary/aromatic N) is 1. The van der Waals surface area contributed by atoms with Crippen molar-refractivity contribution >= 4 is 16.9 Å². The molecule has 3 aromatic rings. The van der Waals surface area contributed by atoms with Crippen LogP contribution in [0.5, 0.6) is 11.5 Å². The van der Waals surface area contributed by atoms with Gasteiger partial charge in [0.05, 0.1) is 14.2 Å². The van der Waals surface area contributed by atoms with Crippen LogP contribution < -0.4 is 14.8 Å². The molecule has 156 valence electrons. The minimum Gasteiger partial charge on any atom is -0.493 e. The number of piperidine rings is 1. The largest absolute Gasteiger partial charge is 0.493 e. The average molecular weight is 406 g/mol. The number of furan rings is 1.